The fourth-order valence-corrected chi connectivity index (χ4v) is 6.77. The smallest absolute Gasteiger partial charge is 0.248 e. The Balaban J connectivity index is 1.11. The van der Waals surface area contributed by atoms with Crippen molar-refractivity contribution in [1.82, 2.24) is 10.2 Å². The van der Waals surface area contributed by atoms with E-state index in [9.17, 15) is 0 Å². The van der Waals surface area contributed by atoms with E-state index >= 15 is 0 Å². The van der Waals surface area contributed by atoms with Gasteiger partial charge in [0.25, 0.3) is 0 Å². The molecule has 252 valence electrons. The highest BCUT2D eigenvalue weighted by molar-refractivity contribution is 5.92. The summed E-state index contributed by atoms with van der Waals surface area (Å²) in [5, 5.41) is 8.60. The Morgan fingerprint density at radius 2 is 0.712 bits per heavy atom. The van der Waals surface area contributed by atoms with Gasteiger partial charge in [-0.3, -0.25) is 0 Å². The van der Waals surface area contributed by atoms with Gasteiger partial charge in [0.15, 0.2) is 0 Å². The second kappa shape index (κ2) is 14.8. The van der Waals surface area contributed by atoms with E-state index in [0.717, 1.165) is 57.7 Å². The van der Waals surface area contributed by atoms with Gasteiger partial charge in [-0.15, -0.1) is 10.2 Å². The number of benzene rings is 7. The summed E-state index contributed by atoms with van der Waals surface area (Å²) in [6, 6.07) is 62.3. The first-order valence-corrected chi connectivity index (χ1v) is 17.9. The minimum Gasteiger partial charge on any atom is -0.416 e. The molecule has 1 aromatic heterocycles. The number of aromatic nitrogens is 2. The molecule has 4 heteroatoms. The molecule has 0 saturated heterocycles. The van der Waals surface area contributed by atoms with Crippen LogP contribution in [0.4, 0.5) is 17.1 Å². The summed E-state index contributed by atoms with van der Waals surface area (Å²) < 4.78 is 6.03. The summed E-state index contributed by atoms with van der Waals surface area (Å²) in [4.78, 5) is 2.34. The normalized spacial score (nSPS) is 11.0. The molecule has 0 bridgehead atoms. The van der Waals surface area contributed by atoms with Crippen molar-refractivity contribution in [3.05, 3.63) is 187 Å². The average molecular weight is 674 g/mol. The highest BCUT2D eigenvalue weighted by Crippen LogP contribution is 2.41. The minimum atomic E-state index is 0.502. The van der Waals surface area contributed by atoms with Crippen molar-refractivity contribution in [2.45, 2.75) is 26.7 Å². The molecule has 0 atom stereocenters. The third kappa shape index (κ3) is 6.67. The van der Waals surface area contributed by atoms with Gasteiger partial charge >= 0.3 is 0 Å². The summed E-state index contributed by atoms with van der Waals surface area (Å²) in [6.07, 6.45) is 2.04. The number of aryl methyl sites for hydroxylation is 2. The second-order valence-electron chi connectivity index (χ2n) is 12.9. The highest BCUT2D eigenvalue weighted by atomic mass is 16.4. The molecule has 0 fully saturated rings. The van der Waals surface area contributed by atoms with E-state index in [0.29, 0.717) is 11.8 Å². The first-order valence-electron chi connectivity index (χ1n) is 17.9. The summed E-state index contributed by atoms with van der Waals surface area (Å²) in [6.45, 7) is 4.39. The van der Waals surface area contributed by atoms with Gasteiger partial charge in [-0.05, 0) is 118 Å². The summed E-state index contributed by atoms with van der Waals surface area (Å²) >= 11 is 0. The Bertz CT molecular complexity index is 2350. The molecule has 1 heterocycles. The number of nitrogens with zero attached hydrogens (tertiary/aromatic N) is 3. The standard InChI is InChI=1S/C48H39N3O/c1-3-34-18-28-40(29-19-34)51(41-30-20-35(4-2)21-31-41)42-32-26-37(27-33-42)44-15-9-11-17-46(44)45-16-10-8-14-43(45)36-22-24-39(25-23-36)48-50-49-47(52-48)38-12-6-5-7-13-38/h5-33H,3-4H2,1-2H3. The topological polar surface area (TPSA) is 42.2 Å². The summed E-state index contributed by atoms with van der Waals surface area (Å²) in [7, 11) is 0. The maximum atomic E-state index is 6.03. The lowest BCUT2D eigenvalue weighted by atomic mass is 9.89. The highest BCUT2D eigenvalue weighted by Gasteiger charge is 2.16. The molecule has 0 N–H and O–H groups in total. The van der Waals surface area contributed by atoms with Crippen LogP contribution in [0, 0.1) is 0 Å². The molecule has 0 aliphatic heterocycles. The molecule has 0 unspecified atom stereocenters. The van der Waals surface area contributed by atoms with Crippen LogP contribution in [0.2, 0.25) is 0 Å². The molecular formula is C48H39N3O. The van der Waals surface area contributed by atoms with E-state index in [2.05, 4.69) is 175 Å². The predicted octanol–water partition coefficient (Wildman–Crippen LogP) is 13.0. The van der Waals surface area contributed by atoms with Crippen molar-refractivity contribution in [3.8, 4) is 56.3 Å². The molecule has 0 aliphatic carbocycles. The Morgan fingerprint density at radius 1 is 0.365 bits per heavy atom. The quantitative estimate of drug-likeness (QED) is 0.145. The molecule has 4 nitrogen and oxygen atoms in total. The van der Waals surface area contributed by atoms with Crippen LogP contribution in [0.1, 0.15) is 25.0 Å². The zero-order valence-corrected chi connectivity index (χ0v) is 29.4. The van der Waals surface area contributed by atoms with E-state index in [4.69, 9.17) is 4.42 Å². The second-order valence-corrected chi connectivity index (χ2v) is 12.9. The zero-order valence-electron chi connectivity index (χ0n) is 29.4. The largest absolute Gasteiger partial charge is 0.416 e. The SMILES string of the molecule is CCc1ccc(N(c2ccc(CC)cc2)c2ccc(-c3ccccc3-c3ccccc3-c3ccc(-c4nnc(-c5ccccc5)o4)cc3)cc2)cc1. The predicted molar refractivity (Wildman–Crippen MR) is 215 cm³/mol. The maximum absolute atomic E-state index is 6.03. The van der Waals surface area contributed by atoms with Crippen molar-refractivity contribution in [3.63, 3.8) is 0 Å². The Morgan fingerprint density at radius 3 is 1.15 bits per heavy atom. The summed E-state index contributed by atoms with van der Waals surface area (Å²) in [5.41, 5.74) is 14.8. The molecule has 0 amide bonds. The fraction of sp³-hybridized carbons (Fsp3) is 0.0833. The zero-order chi connectivity index (χ0) is 35.3. The number of anilines is 3. The van der Waals surface area contributed by atoms with E-state index < -0.39 is 0 Å². The molecule has 8 aromatic rings. The molecule has 0 saturated carbocycles. The van der Waals surface area contributed by atoms with Crippen molar-refractivity contribution in [2.24, 2.45) is 0 Å². The van der Waals surface area contributed by atoms with Crippen LogP contribution in [0.15, 0.2) is 180 Å². The minimum absolute atomic E-state index is 0.502. The third-order valence-electron chi connectivity index (χ3n) is 9.67. The van der Waals surface area contributed by atoms with Crippen LogP contribution in [0.5, 0.6) is 0 Å². The van der Waals surface area contributed by atoms with Gasteiger partial charge < -0.3 is 9.32 Å². The Hall–Kier alpha value is -6.52. The number of hydrogen-bond donors (Lipinski definition) is 0. The van der Waals surface area contributed by atoms with Gasteiger partial charge in [-0.1, -0.05) is 129 Å². The van der Waals surface area contributed by atoms with Crippen LogP contribution in [0.3, 0.4) is 0 Å². The van der Waals surface area contributed by atoms with Crippen molar-refractivity contribution < 1.29 is 4.42 Å². The van der Waals surface area contributed by atoms with Crippen LogP contribution >= 0.6 is 0 Å². The Kier molecular flexibility index (Phi) is 9.27. The van der Waals surface area contributed by atoms with Gasteiger partial charge in [0.05, 0.1) is 0 Å². The van der Waals surface area contributed by atoms with E-state index in [1.807, 2.05) is 30.3 Å². The van der Waals surface area contributed by atoms with Gasteiger partial charge in [-0.25, -0.2) is 0 Å². The first-order chi connectivity index (χ1) is 25.7. The van der Waals surface area contributed by atoms with Crippen molar-refractivity contribution >= 4 is 17.1 Å². The lowest BCUT2D eigenvalue weighted by molar-refractivity contribution is 0.584. The van der Waals surface area contributed by atoms with Gasteiger partial charge in [0.2, 0.25) is 11.8 Å². The molecule has 8 rings (SSSR count). The molecule has 7 aromatic carbocycles. The molecule has 0 spiro atoms. The van der Waals surface area contributed by atoms with Gasteiger partial charge in [-0.2, -0.15) is 0 Å². The van der Waals surface area contributed by atoms with Crippen LogP contribution < -0.4 is 4.90 Å². The number of hydrogen-bond acceptors (Lipinski definition) is 4. The third-order valence-corrected chi connectivity index (χ3v) is 9.67. The maximum Gasteiger partial charge on any atom is 0.248 e. The van der Waals surface area contributed by atoms with Crippen LogP contribution in [0.25, 0.3) is 56.3 Å². The molecular weight excluding hydrogens is 635 g/mol. The number of rotatable bonds is 10. The van der Waals surface area contributed by atoms with E-state index in [1.54, 1.807) is 0 Å². The molecule has 0 radical (unpaired) electrons. The van der Waals surface area contributed by atoms with Crippen molar-refractivity contribution in [1.29, 1.82) is 0 Å². The average Bonchev–Trinajstić information content (AvgIpc) is 3.73. The van der Waals surface area contributed by atoms with Crippen molar-refractivity contribution in [2.75, 3.05) is 4.90 Å². The van der Waals surface area contributed by atoms with E-state index in [-0.39, 0.29) is 0 Å². The van der Waals surface area contributed by atoms with Crippen LogP contribution in [-0.4, -0.2) is 10.2 Å². The first kappa shape index (κ1) is 32.7. The molecule has 0 aliphatic rings. The fourth-order valence-electron chi connectivity index (χ4n) is 6.77. The lowest BCUT2D eigenvalue weighted by Gasteiger charge is -2.26. The van der Waals surface area contributed by atoms with E-state index in [1.165, 1.54) is 27.8 Å². The lowest BCUT2D eigenvalue weighted by Crippen LogP contribution is -2.10. The van der Waals surface area contributed by atoms with Gasteiger partial charge in [0.1, 0.15) is 0 Å². The van der Waals surface area contributed by atoms with Crippen LogP contribution in [-0.2, 0) is 12.8 Å². The molecule has 52 heavy (non-hydrogen) atoms. The Labute approximate surface area is 305 Å². The van der Waals surface area contributed by atoms with Gasteiger partial charge in [0, 0.05) is 28.2 Å². The summed E-state index contributed by atoms with van der Waals surface area (Å²) in [5.74, 6) is 1.01. The monoisotopic (exact) mass is 673 g/mol.